The van der Waals surface area contributed by atoms with Crippen LogP contribution < -0.4 is 0 Å². The highest BCUT2D eigenvalue weighted by atomic mass is 14.9. The maximum absolute atomic E-state index is 10.6. The molecule has 10 rings (SSSR count). The lowest BCUT2D eigenvalue weighted by atomic mass is 9.50. The van der Waals surface area contributed by atoms with Crippen LogP contribution in [-0.2, 0) is 0 Å². The molecule has 0 amide bonds. The lowest BCUT2D eigenvalue weighted by molar-refractivity contribution is -0.00828. The number of benzene rings is 2. The van der Waals surface area contributed by atoms with Crippen molar-refractivity contribution in [3.63, 3.8) is 0 Å². The molecule has 35 heavy (non-hydrogen) atoms. The summed E-state index contributed by atoms with van der Waals surface area (Å²) in [7, 11) is 0. The van der Waals surface area contributed by atoms with Gasteiger partial charge in [0.25, 0.3) is 0 Å². The average Bonchev–Trinajstić information content (AvgIpc) is 2.85. The molecular formula is C33H38N2. The first-order valence-corrected chi connectivity index (χ1v) is 14.7. The normalized spacial score (nSPS) is 42.3. The van der Waals surface area contributed by atoms with E-state index < -0.39 is 0 Å². The molecule has 0 aliphatic heterocycles. The average molecular weight is 463 g/mol. The molecule has 180 valence electrons. The van der Waals surface area contributed by atoms with Crippen LogP contribution >= 0.6 is 0 Å². The summed E-state index contributed by atoms with van der Waals surface area (Å²) in [5, 5.41) is 0. The highest BCUT2D eigenvalue weighted by molar-refractivity contribution is 6.11. The Morgan fingerprint density at radius 1 is 0.514 bits per heavy atom. The number of hydrogen-bond donors (Lipinski definition) is 0. The van der Waals surface area contributed by atoms with E-state index in [1.165, 1.54) is 86.5 Å². The van der Waals surface area contributed by atoms with Gasteiger partial charge >= 0.3 is 5.71 Å². The molecule has 8 aliphatic rings. The Kier molecular flexibility index (Phi) is 4.74. The number of hydrogen-bond acceptors (Lipinski definition) is 0. The second kappa shape index (κ2) is 7.91. The van der Waals surface area contributed by atoms with E-state index in [4.69, 9.17) is 0 Å². The van der Waals surface area contributed by atoms with Crippen LogP contribution in [0.1, 0.15) is 98.3 Å². The van der Waals surface area contributed by atoms with E-state index in [0.717, 1.165) is 53.1 Å². The van der Waals surface area contributed by atoms with Gasteiger partial charge in [-0.1, -0.05) is 36.4 Å². The predicted molar refractivity (Wildman–Crippen MR) is 139 cm³/mol. The molecule has 2 heteroatoms. The first-order valence-electron chi connectivity index (χ1n) is 14.7. The van der Waals surface area contributed by atoms with E-state index in [-0.39, 0.29) is 0 Å². The van der Waals surface area contributed by atoms with Gasteiger partial charge < -0.3 is 5.53 Å². The van der Waals surface area contributed by atoms with E-state index in [9.17, 15) is 5.53 Å². The van der Waals surface area contributed by atoms with Gasteiger partial charge in [0.15, 0.2) is 0 Å². The van der Waals surface area contributed by atoms with Crippen LogP contribution in [0.25, 0.3) is 5.53 Å². The molecule has 0 aromatic heterocycles. The van der Waals surface area contributed by atoms with Crippen LogP contribution in [0.4, 0.5) is 0 Å². The second-order valence-corrected chi connectivity index (χ2v) is 13.5. The van der Waals surface area contributed by atoms with E-state index in [0.29, 0.717) is 11.8 Å². The van der Waals surface area contributed by atoms with Gasteiger partial charge in [-0.05, 0) is 147 Å². The Morgan fingerprint density at radius 3 is 1.20 bits per heavy atom. The summed E-state index contributed by atoms with van der Waals surface area (Å²) >= 11 is 0. The fourth-order valence-electron chi connectivity index (χ4n) is 11.1. The highest BCUT2D eigenvalue weighted by Gasteiger charge is 2.51. The van der Waals surface area contributed by atoms with Gasteiger partial charge in [-0.2, -0.15) is 4.79 Å². The summed E-state index contributed by atoms with van der Waals surface area (Å²) in [6, 6.07) is 18.0. The molecule has 0 N–H and O–H groups in total. The van der Waals surface area contributed by atoms with Gasteiger partial charge in [0.1, 0.15) is 0 Å². The fraction of sp³-hybridized carbons (Fsp3) is 0.606. The molecule has 8 bridgehead atoms. The van der Waals surface area contributed by atoms with E-state index >= 15 is 0 Å². The smallest absolute Gasteiger partial charge is 0.330 e. The molecule has 2 aromatic rings. The van der Waals surface area contributed by atoms with Crippen LogP contribution in [0.3, 0.4) is 0 Å². The Hall–Kier alpha value is -2.18. The molecule has 8 saturated carbocycles. The van der Waals surface area contributed by atoms with Crippen molar-refractivity contribution in [3.8, 4) is 0 Å². The van der Waals surface area contributed by atoms with Crippen molar-refractivity contribution >= 4 is 5.71 Å². The van der Waals surface area contributed by atoms with Crippen LogP contribution in [-0.4, -0.2) is 10.5 Å². The molecule has 0 heterocycles. The standard InChI is InChI=1S/C33H38N2/c34-35-33(29-7-3-1-5-27(29)31-23-11-19-9-20(13-23)14-24(31)12-19)30-8-4-2-6-28(30)32-25-15-21-10-22(17-25)18-26(32)16-21/h1-8,19-26,31-32H,9-18H2. The van der Waals surface area contributed by atoms with Gasteiger partial charge in [-0.3, -0.25) is 0 Å². The molecule has 0 radical (unpaired) electrons. The van der Waals surface area contributed by atoms with E-state index in [2.05, 4.69) is 53.3 Å². The number of rotatable bonds is 4. The maximum atomic E-state index is 10.6. The summed E-state index contributed by atoms with van der Waals surface area (Å²) in [5.41, 5.74) is 16.7. The Bertz CT molecular complexity index is 1060. The van der Waals surface area contributed by atoms with Gasteiger partial charge in [0, 0.05) is 0 Å². The molecular weight excluding hydrogens is 424 g/mol. The summed E-state index contributed by atoms with van der Waals surface area (Å²) < 4.78 is 0. The fourth-order valence-corrected chi connectivity index (χ4v) is 11.1. The summed E-state index contributed by atoms with van der Waals surface area (Å²) in [5.74, 6) is 8.49. The Balaban J connectivity index is 1.20. The molecule has 8 fully saturated rings. The molecule has 0 atom stereocenters. The van der Waals surface area contributed by atoms with Crippen LogP contribution in [0, 0.1) is 47.3 Å². The SMILES string of the molecule is [N-]=[N+]=C(c1ccccc1C1C2CC3CC(C2)CC1C3)c1ccccc1C1C2CC3CC(C2)CC1C3. The predicted octanol–water partition coefficient (Wildman–Crippen LogP) is 7.83. The molecule has 0 saturated heterocycles. The Labute approximate surface area is 210 Å². The van der Waals surface area contributed by atoms with Crippen LogP contribution in [0.2, 0.25) is 0 Å². The quantitative estimate of drug-likeness (QED) is 0.252. The molecule has 0 spiro atoms. The van der Waals surface area contributed by atoms with Gasteiger partial charge in [0.05, 0.1) is 11.1 Å². The third-order valence-electron chi connectivity index (χ3n) is 11.7. The van der Waals surface area contributed by atoms with E-state index in [1.807, 2.05) is 0 Å². The molecule has 2 aromatic carbocycles. The van der Waals surface area contributed by atoms with Gasteiger partial charge in [-0.25, -0.2) is 0 Å². The zero-order chi connectivity index (χ0) is 23.1. The summed E-state index contributed by atoms with van der Waals surface area (Å²) in [6.07, 6.45) is 14.3. The Morgan fingerprint density at radius 2 is 0.857 bits per heavy atom. The minimum absolute atomic E-state index is 0.643. The zero-order valence-corrected chi connectivity index (χ0v) is 20.9. The molecule has 8 aliphatic carbocycles. The molecule has 0 unspecified atom stereocenters. The monoisotopic (exact) mass is 462 g/mol. The topological polar surface area (TPSA) is 36.4 Å². The third-order valence-corrected chi connectivity index (χ3v) is 11.7. The van der Waals surface area contributed by atoms with Crippen molar-refractivity contribution in [2.75, 3.05) is 0 Å². The van der Waals surface area contributed by atoms with Crippen molar-refractivity contribution < 1.29 is 4.79 Å². The minimum atomic E-state index is 0.643. The minimum Gasteiger partial charge on any atom is -0.361 e. The van der Waals surface area contributed by atoms with Crippen molar-refractivity contribution in [1.29, 1.82) is 0 Å². The zero-order valence-electron chi connectivity index (χ0n) is 20.9. The van der Waals surface area contributed by atoms with Crippen LogP contribution in [0.5, 0.6) is 0 Å². The third kappa shape index (κ3) is 3.21. The van der Waals surface area contributed by atoms with Crippen molar-refractivity contribution in [1.82, 2.24) is 0 Å². The van der Waals surface area contributed by atoms with Gasteiger partial charge in [-0.15, -0.1) is 0 Å². The van der Waals surface area contributed by atoms with Crippen LogP contribution in [0.15, 0.2) is 48.5 Å². The summed E-state index contributed by atoms with van der Waals surface area (Å²) in [4.78, 5) is 4.09. The van der Waals surface area contributed by atoms with Crippen molar-refractivity contribution in [2.45, 2.75) is 76.0 Å². The number of nitrogens with zero attached hydrogens (tertiary/aromatic N) is 2. The van der Waals surface area contributed by atoms with Crippen molar-refractivity contribution in [2.24, 2.45) is 47.3 Å². The summed E-state index contributed by atoms with van der Waals surface area (Å²) in [6.45, 7) is 0. The second-order valence-electron chi connectivity index (χ2n) is 13.5. The van der Waals surface area contributed by atoms with E-state index in [1.54, 1.807) is 0 Å². The highest BCUT2D eigenvalue weighted by Crippen LogP contribution is 2.61. The largest absolute Gasteiger partial charge is 0.361 e. The molecule has 2 nitrogen and oxygen atoms in total. The lowest BCUT2D eigenvalue weighted by Crippen LogP contribution is -2.44. The van der Waals surface area contributed by atoms with Gasteiger partial charge in [0.2, 0.25) is 0 Å². The first kappa shape index (κ1) is 21.0. The first-order chi connectivity index (χ1) is 17.2. The van der Waals surface area contributed by atoms with Crippen molar-refractivity contribution in [3.05, 3.63) is 76.3 Å². The maximum Gasteiger partial charge on any atom is 0.330 e. The lowest BCUT2D eigenvalue weighted by Gasteiger charge is -2.55.